The maximum absolute atomic E-state index is 13.4. The molecule has 1 aromatic rings. The third-order valence-electron chi connectivity index (χ3n) is 10.3. The van der Waals surface area contributed by atoms with Crippen molar-refractivity contribution in [1.82, 2.24) is 36.4 Å². The molecule has 0 spiro atoms. The van der Waals surface area contributed by atoms with Crippen LogP contribution in [-0.2, 0) is 49.7 Å². The van der Waals surface area contributed by atoms with Gasteiger partial charge >= 0.3 is 18.1 Å². The topological polar surface area (TPSA) is 305 Å². The minimum atomic E-state index is -1.23. The van der Waals surface area contributed by atoms with Gasteiger partial charge in [-0.25, -0.2) is 14.4 Å². The number of β-lactam (4-membered cyclic amide) rings is 1. The summed E-state index contributed by atoms with van der Waals surface area (Å²) in [5.74, 6) is -4.86. The number of ether oxygens (including phenoxy) is 1. The van der Waals surface area contributed by atoms with Gasteiger partial charge in [-0.2, -0.15) is 12.6 Å². The lowest BCUT2D eigenvalue weighted by Gasteiger charge is -2.46. The molecule has 0 saturated carbocycles. The number of allylic oxidation sites excluding steroid dienone is 3. The zero-order chi connectivity index (χ0) is 47.0. The number of amides is 10. The van der Waals surface area contributed by atoms with Crippen LogP contribution in [0.1, 0.15) is 70.8 Å². The molecule has 1 fully saturated rings. The summed E-state index contributed by atoms with van der Waals surface area (Å²) in [7, 11) is 0. The number of nitrogens with two attached hydrogens (primary N) is 1. The van der Waals surface area contributed by atoms with E-state index in [0.29, 0.717) is 48.9 Å². The second-order valence-electron chi connectivity index (χ2n) is 15.8. The summed E-state index contributed by atoms with van der Waals surface area (Å²) in [4.78, 5) is 126. The fourth-order valence-electron chi connectivity index (χ4n) is 6.96. The Morgan fingerprint density at radius 1 is 0.922 bits per heavy atom. The Morgan fingerprint density at radius 3 is 2.23 bits per heavy atom. The first-order valence-electron chi connectivity index (χ1n) is 20.7. The number of carboxylic acid groups (broad SMARTS) is 1. The zero-order valence-corrected chi connectivity index (χ0v) is 36.4. The highest BCUT2D eigenvalue weighted by atomic mass is 32.1. The minimum Gasteiger partial charge on any atom is -0.480 e. The molecule has 22 heteroatoms. The number of anilines is 1. The lowest BCUT2D eigenvalue weighted by atomic mass is 9.94. The van der Waals surface area contributed by atoms with Crippen LogP contribution < -0.4 is 37.6 Å². The average Bonchev–Trinajstić information content (AvgIpc) is 3.56. The number of alkyl carbamates (subject to hydrolysis) is 1. The molecule has 10 amide bonds. The SMILES string of the molecule is CC(C)(S)[C@H](C(=O)O)N1C[C@H](NC(=O)[C@H](NC(=O)OCc2ccc(NC(=O)[C@H](CCCNC(N)=O)NC(=O)CNC(=O)CCCCCN3C(=O)C=CC3=O)cc2)C2=CC=CCC2)C1=O. The first kappa shape index (κ1) is 49.9. The number of unbranched alkanes of at least 4 members (excludes halogenated alkanes) is 2. The van der Waals surface area contributed by atoms with E-state index in [4.69, 9.17) is 10.5 Å². The van der Waals surface area contributed by atoms with E-state index in [1.165, 1.54) is 24.3 Å². The van der Waals surface area contributed by atoms with E-state index in [-0.39, 0.29) is 57.3 Å². The molecule has 64 heavy (non-hydrogen) atoms. The number of likely N-dealkylation sites (tertiary alicyclic amines) is 1. The highest BCUT2D eigenvalue weighted by Gasteiger charge is 2.49. The molecule has 0 radical (unpaired) electrons. The van der Waals surface area contributed by atoms with Crippen LogP contribution in [0.5, 0.6) is 0 Å². The third kappa shape index (κ3) is 15.3. The third-order valence-corrected chi connectivity index (χ3v) is 10.5. The van der Waals surface area contributed by atoms with Gasteiger partial charge in [-0.1, -0.05) is 36.8 Å². The van der Waals surface area contributed by atoms with Gasteiger partial charge < -0.3 is 52.4 Å². The molecule has 0 aromatic heterocycles. The highest BCUT2D eigenvalue weighted by Crippen LogP contribution is 2.28. The number of hydrogen-bond acceptors (Lipinski definition) is 12. The molecule has 0 unspecified atom stereocenters. The van der Waals surface area contributed by atoms with Gasteiger partial charge in [0.25, 0.3) is 11.8 Å². The molecule has 21 nitrogen and oxygen atoms in total. The van der Waals surface area contributed by atoms with E-state index in [1.54, 1.807) is 38.1 Å². The molecule has 9 N–H and O–H groups in total. The molecule has 1 aromatic carbocycles. The lowest BCUT2D eigenvalue weighted by Crippen LogP contribution is -2.71. The Labute approximate surface area is 374 Å². The Bertz CT molecular complexity index is 2030. The smallest absolute Gasteiger partial charge is 0.408 e. The molecule has 2 heterocycles. The summed E-state index contributed by atoms with van der Waals surface area (Å²) >= 11 is 4.33. The predicted octanol–water partition coefficient (Wildman–Crippen LogP) is 0.520. The van der Waals surface area contributed by atoms with Gasteiger partial charge in [0, 0.05) is 42.1 Å². The van der Waals surface area contributed by atoms with Crippen molar-refractivity contribution in [2.45, 2.75) is 101 Å². The average molecular weight is 910 g/mol. The lowest BCUT2D eigenvalue weighted by molar-refractivity contribution is -0.161. The summed E-state index contributed by atoms with van der Waals surface area (Å²) in [5.41, 5.74) is 6.55. The molecular formula is C42H55N9O12S. The number of aliphatic carboxylic acids is 1. The molecule has 4 rings (SSSR count). The van der Waals surface area contributed by atoms with Gasteiger partial charge in [-0.3, -0.25) is 38.5 Å². The first-order valence-corrected chi connectivity index (χ1v) is 21.2. The minimum absolute atomic E-state index is 0.0556. The molecule has 346 valence electrons. The normalized spacial score (nSPS) is 17.0. The number of carbonyl (C=O) groups excluding carboxylic acids is 9. The number of thiol groups is 1. The number of urea groups is 1. The molecule has 1 saturated heterocycles. The number of carbonyl (C=O) groups is 10. The van der Waals surface area contributed by atoms with Crippen molar-refractivity contribution < 1.29 is 57.8 Å². The maximum atomic E-state index is 13.4. The summed E-state index contributed by atoms with van der Waals surface area (Å²) in [6.07, 6.45) is 9.88. The van der Waals surface area contributed by atoms with Crippen LogP contribution in [0.3, 0.4) is 0 Å². The Balaban J connectivity index is 1.25. The number of nitrogens with zero attached hydrogens (tertiary/aromatic N) is 2. The number of rotatable bonds is 24. The largest absolute Gasteiger partial charge is 0.480 e. The van der Waals surface area contributed by atoms with E-state index >= 15 is 0 Å². The van der Waals surface area contributed by atoms with Gasteiger partial charge in [0.1, 0.15) is 30.8 Å². The van der Waals surface area contributed by atoms with Crippen molar-refractivity contribution in [2.24, 2.45) is 5.73 Å². The number of hydrogen-bond donors (Lipinski definition) is 9. The highest BCUT2D eigenvalue weighted by molar-refractivity contribution is 7.81. The van der Waals surface area contributed by atoms with Crippen molar-refractivity contribution in [3.63, 3.8) is 0 Å². The van der Waals surface area contributed by atoms with Crippen LogP contribution in [0, 0.1) is 0 Å². The summed E-state index contributed by atoms with van der Waals surface area (Å²) < 4.78 is 4.34. The molecule has 2 aliphatic heterocycles. The van der Waals surface area contributed by atoms with Crippen LogP contribution in [0.4, 0.5) is 15.3 Å². The van der Waals surface area contributed by atoms with Crippen LogP contribution in [0.2, 0.25) is 0 Å². The molecule has 3 aliphatic rings. The van der Waals surface area contributed by atoms with Crippen molar-refractivity contribution >= 4 is 77.8 Å². The van der Waals surface area contributed by atoms with Crippen LogP contribution in [-0.4, -0.2) is 129 Å². The number of primary amides is 1. The van der Waals surface area contributed by atoms with Crippen molar-refractivity contribution in [3.8, 4) is 0 Å². The predicted molar refractivity (Wildman–Crippen MR) is 233 cm³/mol. The second-order valence-corrected chi connectivity index (χ2v) is 16.9. The standard InChI is InChI=1S/C42H55N9O12S/c1-42(2,64)35(39(59)60)51-23-29(38(51)58)48-37(57)34(26-10-5-3-6-11-26)49-41(62)63-24-25-14-16-27(17-15-25)46-36(56)28(12-9-20-44-40(43)61)47-31(53)22-45-30(52)13-7-4-8-21-50-32(54)18-19-33(50)55/h3,5,10,14-19,28-29,34-35,64H,4,6-9,11-13,20-24H2,1-2H3,(H,45,52)(H,46,56)(H,47,53)(H,48,57)(H,49,62)(H,59,60)(H3,43,44,61)/t28-,29-,34+,35-/m0/s1. The first-order chi connectivity index (χ1) is 30.3. The van der Waals surface area contributed by atoms with E-state index < -0.39 is 83.1 Å². The summed E-state index contributed by atoms with van der Waals surface area (Å²) in [6.45, 7) is 2.83. The monoisotopic (exact) mass is 909 g/mol. The van der Waals surface area contributed by atoms with E-state index in [9.17, 15) is 53.1 Å². The Kier molecular flexibility index (Phi) is 18.5. The van der Waals surface area contributed by atoms with Gasteiger partial charge in [-0.05, 0) is 75.6 Å². The number of benzene rings is 1. The van der Waals surface area contributed by atoms with Gasteiger partial charge in [-0.15, -0.1) is 0 Å². The van der Waals surface area contributed by atoms with Gasteiger partial charge in [0.05, 0.1) is 13.1 Å². The van der Waals surface area contributed by atoms with Crippen molar-refractivity contribution in [1.29, 1.82) is 0 Å². The molecule has 4 atom stereocenters. The fourth-order valence-corrected chi connectivity index (χ4v) is 7.21. The van der Waals surface area contributed by atoms with Crippen LogP contribution in [0.15, 0.2) is 60.2 Å². The van der Waals surface area contributed by atoms with E-state index in [1.807, 2.05) is 6.08 Å². The van der Waals surface area contributed by atoms with Gasteiger partial charge in [0.2, 0.25) is 29.5 Å². The fraction of sp³-hybridized carbons (Fsp3) is 0.476. The zero-order valence-electron chi connectivity index (χ0n) is 35.6. The van der Waals surface area contributed by atoms with Crippen molar-refractivity contribution in [3.05, 3.63) is 65.8 Å². The number of carboxylic acids is 1. The Hall–Kier alpha value is -6.71. The van der Waals surface area contributed by atoms with E-state index in [0.717, 1.165) is 9.80 Å². The van der Waals surface area contributed by atoms with Crippen molar-refractivity contribution in [2.75, 3.05) is 31.5 Å². The Morgan fingerprint density at radius 2 is 1.62 bits per heavy atom. The second kappa shape index (κ2) is 23.7. The number of imide groups is 1. The van der Waals surface area contributed by atoms with Crippen LogP contribution in [0.25, 0.3) is 0 Å². The quantitative estimate of drug-likeness (QED) is 0.0297. The number of nitrogens with one attached hydrogen (secondary N) is 6. The molecule has 1 aliphatic carbocycles. The summed E-state index contributed by atoms with van der Waals surface area (Å²) in [5, 5.41) is 25.1. The maximum Gasteiger partial charge on any atom is 0.408 e. The summed E-state index contributed by atoms with van der Waals surface area (Å²) in [6, 6.07) is 1.01. The van der Waals surface area contributed by atoms with E-state index in [2.05, 4.69) is 44.5 Å². The molecular weight excluding hydrogens is 855 g/mol. The van der Waals surface area contributed by atoms with Gasteiger partial charge in [0.15, 0.2) is 0 Å². The van der Waals surface area contributed by atoms with Crippen LogP contribution >= 0.6 is 12.6 Å². The molecule has 0 bridgehead atoms.